The average Bonchev–Trinajstić information content (AvgIpc) is 3.28. The van der Waals surface area contributed by atoms with E-state index in [1.54, 1.807) is 36.5 Å². The molecule has 0 aliphatic carbocycles. The van der Waals surface area contributed by atoms with Gasteiger partial charge in [0.25, 0.3) is 0 Å². The van der Waals surface area contributed by atoms with Crippen molar-refractivity contribution in [3.8, 4) is 34.0 Å². The maximum atomic E-state index is 13.6. The number of imidazole rings is 1. The van der Waals surface area contributed by atoms with E-state index in [-0.39, 0.29) is 11.6 Å². The number of aryl methyl sites for hydroxylation is 2. The standard InChI is InChI=1S/C27H21F2N5/c1-16-4-3-5-17(2)23(16)34-27-30-15-14-22(31-27)25-24(18-6-10-20(28)11-7-18)32-26(33-25)19-8-12-21(29)13-9-19/h3-15H,1-2H3,(H,32,33)(H,30,31,34). The molecular weight excluding hydrogens is 432 g/mol. The molecule has 0 aliphatic rings. The molecule has 2 N–H and O–H groups in total. The Labute approximate surface area is 195 Å². The van der Waals surface area contributed by atoms with Crippen molar-refractivity contribution < 1.29 is 8.78 Å². The van der Waals surface area contributed by atoms with Crippen LogP contribution in [0.4, 0.5) is 20.4 Å². The van der Waals surface area contributed by atoms with Crippen LogP contribution >= 0.6 is 0 Å². The highest BCUT2D eigenvalue weighted by Crippen LogP contribution is 2.33. The number of halogens is 2. The van der Waals surface area contributed by atoms with Crippen LogP contribution < -0.4 is 5.32 Å². The third kappa shape index (κ3) is 4.28. The van der Waals surface area contributed by atoms with Crippen LogP contribution in [0.5, 0.6) is 0 Å². The molecule has 5 rings (SSSR count). The predicted octanol–water partition coefficient (Wildman–Crippen LogP) is 6.84. The summed E-state index contributed by atoms with van der Waals surface area (Å²) < 4.78 is 27.0. The third-order valence-corrected chi connectivity index (χ3v) is 5.57. The van der Waals surface area contributed by atoms with Crippen LogP contribution in [0.15, 0.2) is 79.0 Å². The zero-order valence-electron chi connectivity index (χ0n) is 18.6. The largest absolute Gasteiger partial charge is 0.336 e. The highest BCUT2D eigenvalue weighted by atomic mass is 19.1. The molecule has 2 aromatic heterocycles. The minimum absolute atomic E-state index is 0.327. The quantitative estimate of drug-likeness (QED) is 0.306. The minimum atomic E-state index is -0.332. The summed E-state index contributed by atoms with van der Waals surface area (Å²) in [5, 5.41) is 3.31. The Kier molecular flexibility index (Phi) is 5.59. The number of rotatable bonds is 5. The highest BCUT2D eigenvalue weighted by molar-refractivity contribution is 5.80. The van der Waals surface area contributed by atoms with E-state index in [1.165, 1.54) is 24.3 Å². The van der Waals surface area contributed by atoms with Gasteiger partial charge < -0.3 is 10.3 Å². The molecule has 3 aromatic carbocycles. The lowest BCUT2D eigenvalue weighted by atomic mass is 10.1. The van der Waals surface area contributed by atoms with E-state index in [1.807, 2.05) is 32.0 Å². The fraction of sp³-hybridized carbons (Fsp3) is 0.0741. The Morgan fingerprint density at radius 2 is 1.35 bits per heavy atom. The second-order valence-electron chi connectivity index (χ2n) is 7.98. The lowest BCUT2D eigenvalue weighted by Crippen LogP contribution is -2.01. The number of aromatic nitrogens is 4. The Morgan fingerprint density at radius 3 is 2.00 bits per heavy atom. The number of nitrogens with zero attached hydrogens (tertiary/aromatic N) is 3. The first-order valence-electron chi connectivity index (χ1n) is 10.8. The maximum absolute atomic E-state index is 13.6. The summed E-state index contributed by atoms with van der Waals surface area (Å²) in [5.41, 5.74) is 6.44. The van der Waals surface area contributed by atoms with Gasteiger partial charge in [-0.15, -0.1) is 0 Å². The van der Waals surface area contributed by atoms with Gasteiger partial charge in [-0.05, 0) is 79.6 Å². The van der Waals surface area contributed by atoms with Crippen LogP contribution in [0.1, 0.15) is 11.1 Å². The van der Waals surface area contributed by atoms with Crippen molar-refractivity contribution >= 4 is 11.6 Å². The Morgan fingerprint density at radius 1 is 0.735 bits per heavy atom. The summed E-state index contributed by atoms with van der Waals surface area (Å²) in [5.74, 6) is 0.337. The number of anilines is 2. The summed E-state index contributed by atoms with van der Waals surface area (Å²) in [6, 6.07) is 20.0. The molecule has 0 radical (unpaired) electrons. The van der Waals surface area contributed by atoms with Crippen molar-refractivity contribution in [2.75, 3.05) is 5.32 Å². The summed E-state index contributed by atoms with van der Waals surface area (Å²) in [4.78, 5) is 17.2. The topological polar surface area (TPSA) is 66.5 Å². The Bertz CT molecular complexity index is 1440. The maximum Gasteiger partial charge on any atom is 0.227 e. The number of benzene rings is 3. The molecule has 168 valence electrons. The molecule has 0 unspecified atom stereocenters. The van der Waals surface area contributed by atoms with E-state index in [9.17, 15) is 8.78 Å². The van der Waals surface area contributed by atoms with Gasteiger partial charge in [-0.2, -0.15) is 0 Å². The number of hydrogen-bond donors (Lipinski definition) is 2. The van der Waals surface area contributed by atoms with Gasteiger partial charge in [0, 0.05) is 23.0 Å². The van der Waals surface area contributed by atoms with Crippen molar-refractivity contribution in [2.45, 2.75) is 13.8 Å². The molecule has 5 nitrogen and oxygen atoms in total. The van der Waals surface area contributed by atoms with Crippen LogP contribution in [0.2, 0.25) is 0 Å². The van der Waals surface area contributed by atoms with Gasteiger partial charge in [-0.3, -0.25) is 0 Å². The van der Waals surface area contributed by atoms with Gasteiger partial charge in [0.15, 0.2) is 0 Å². The van der Waals surface area contributed by atoms with E-state index in [0.29, 0.717) is 28.9 Å². The minimum Gasteiger partial charge on any atom is -0.336 e. The van der Waals surface area contributed by atoms with E-state index in [0.717, 1.165) is 27.9 Å². The molecule has 0 fully saturated rings. The van der Waals surface area contributed by atoms with Crippen LogP contribution in [0, 0.1) is 25.5 Å². The van der Waals surface area contributed by atoms with Gasteiger partial charge in [0.05, 0.1) is 17.1 Å². The zero-order chi connectivity index (χ0) is 23.7. The summed E-state index contributed by atoms with van der Waals surface area (Å²) in [6.45, 7) is 4.05. The number of hydrogen-bond acceptors (Lipinski definition) is 4. The van der Waals surface area contributed by atoms with Crippen molar-refractivity contribution in [2.24, 2.45) is 0 Å². The molecule has 0 bridgehead atoms. The van der Waals surface area contributed by atoms with Gasteiger partial charge in [-0.1, -0.05) is 18.2 Å². The van der Waals surface area contributed by atoms with Gasteiger partial charge in [-0.25, -0.2) is 23.7 Å². The average molecular weight is 453 g/mol. The SMILES string of the molecule is Cc1cccc(C)c1Nc1nccc(-c2[nH]c(-c3ccc(F)cc3)nc2-c2ccc(F)cc2)n1. The lowest BCUT2D eigenvalue weighted by molar-refractivity contribution is 0.627. The molecule has 34 heavy (non-hydrogen) atoms. The van der Waals surface area contributed by atoms with Crippen LogP contribution in [-0.2, 0) is 0 Å². The summed E-state index contributed by atoms with van der Waals surface area (Å²) in [6.07, 6.45) is 1.67. The molecule has 7 heteroatoms. The number of H-pyrrole nitrogens is 1. The highest BCUT2D eigenvalue weighted by Gasteiger charge is 2.17. The number of para-hydroxylation sites is 1. The Hall–Kier alpha value is -4.39. The fourth-order valence-corrected chi connectivity index (χ4v) is 3.80. The second kappa shape index (κ2) is 8.86. The van der Waals surface area contributed by atoms with Crippen molar-refractivity contribution in [3.05, 3.63) is 102 Å². The smallest absolute Gasteiger partial charge is 0.227 e. The van der Waals surface area contributed by atoms with Gasteiger partial charge in [0.2, 0.25) is 5.95 Å². The molecule has 0 saturated carbocycles. The van der Waals surface area contributed by atoms with Crippen molar-refractivity contribution in [1.82, 2.24) is 19.9 Å². The van der Waals surface area contributed by atoms with Crippen LogP contribution in [0.25, 0.3) is 34.0 Å². The number of aromatic amines is 1. The van der Waals surface area contributed by atoms with Crippen LogP contribution in [-0.4, -0.2) is 19.9 Å². The first kappa shape index (κ1) is 21.5. The summed E-state index contributed by atoms with van der Waals surface area (Å²) in [7, 11) is 0. The lowest BCUT2D eigenvalue weighted by Gasteiger charge is -2.12. The monoisotopic (exact) mass is 453 g/mol. The van der Waals surface area contributed by atoms with E-state index in [2.05, 4.69) is 15.3 Å². The van der Waals surface area contributed by atoms with Gasteiger partial charge >= 0.3 is 0 Å². The molecule has 2 heterocycles. The predicted molar refractivity (Wildman–Crippen MR) is 130 cm³/mol. The zero-order valence-corrected chi connectivity index (χ0v) is 18.6. The summed E-state index contributed by atoms with van der Waals surface area (Å²) >= 11 is 0. The second-order valence-corrected chi connectivity index (χ2v) is 7.98. The first-order chi connectivity index (χ1) is 16.5. The molecule has 5 aromatic rings. The first-order valence-corrected chi connectivity index (χ1v) is 10.8. The van der Waals surface area contributed by atoms with E-state index in [4.69, 9.17) is 9.97 Å². The molecule has 0 atom stereocenters. The van der Waals surface area contributed by atoms with Gasteiger partial charge in [0.1, 0.15) is 17.5 Å². The fourth-order valence-electron chi connectivity index (χ4n) is 3.80. The molecule has 0 aliphatic heterocycles. The van der Waals surface area contributed by atoms with E-state index >= 15 is 0 Å². The van der Waals surface area contributed by atoms with Crippen molar-refractivity contribution in [3.63, 3.8) is 0 Å². The van der Waals surface area contributed by atoms with Crippen LogP contribution in [0.3, 0.4) is 0 Å². The molecule has 0 saturated heterocycles. The molecule has 0 spiro atoms. The third-order valence-electron chi connectivity index (χ3n) is 5.57. The number of nitrogens with one attached hydrogen (secondary N) is 2. The molecular formula is C27H21F2N5. The van der Waals surface area contributed by atoms with Crippen molar-refractivity contribution in [1.29, 1.82) is 0 Å². The molecule has 0 amide bonds. The Balaban J connectivity index is 1.60. The normalized spacial score (nSPS) is 10.9. The van der Waals surface area contributed by atoms with E-state index < -0.39 is 0 Å².